The van der Waals surface area contributed by atoms with E-state index in [1.54, 1.807) is 45.0 Å². The molecule has 1 radical (unpaired) electrons. The molecule has 0 aliphatic heterocycles. The van der Waals surface area contributed by atoms with Crippen LogP contribution in [0.5, 0.6) is 5.75 Å². The minimum atomic E-state index is -1.02. The predicted octanol–water partition coefficient (Wildman–Crippen LogP) is 1.48. The van der Waals surface area contributed by atoms with Crippen LogP contribution in [0.15, 0.2) is 24.3 Å². The molecule has 25 heavy (non-hydrogen) atoms. The number of esters is 1. The van der Waals surface area contributed by atoms with Gasteiger partial charge in [0, 0.05) is 6.42 Å². The van der Waals surface area contributed by atoms with Crippen LogP contribution in [0.2, 0.25) is 0 Å². The van der Waals surface area contributed by atoms with Crippen molar-refractivity contribution in [3.8, 4) is 5.75 Å². The molecular formula is C17H23N2O6. The van der Waals surface area contributed by atoms with Crippen LogP contribution in [0.3, 0.4) is 0 Å². The lowest BCUT2D eigenvalue weighted by Gasteiger charge is -2.22. The molecule has 0 fully saturated rings. The molecule has 1 aromatic carbocycles. The molecule has 8 nitrogen and oxygen atoms in total. The topological polar surface area (TPSA) is 115 Å². The van der Waals surface area contributed by atoms with Crippen molar-refractivity contribution in [2.24, 2.45) is 0 Å². The van der Waals surface area contributed by atoms with E-state index in [0.717, 1.165) is 0 Å². The Bertz CT molecular complexity index is 607. The Morgan fingerprint density at radius 1 is 1.16 bits per heavy atom. The second kappa shape index (κ2) is 8.91. The summed E-state index contributed by atoms with van der Waals surface area (Å²) in [6.45, 7) is 4.91. The highest BCUT2D eigenvalue weighted by Gasteiger charge is 2.23. The van der Waals surface area contributed by atoms with Gasteiger partial charge in [-0.15, -0.1) is 0 Å². The molecule has 1 rings (SSSR count). The van der Waals surface area contributed by atoms with Crippen LogP contribution in [0.1, 0.15) is 26.3 Å². The number of carbonyl (C=O) groups excluding carboxylic acids is 3. The highest BCUT2D eigenvalue weighted by Crippen LogP contribution is 2.14. The van der Waals surface area contributed by atoms with Crippen LogP contribution < -0.4 is 15.8 Å². The molecule has 137 valence electrons. The number of hydrogen-bond acceptors (Lipinski definition) is 6. The molecule has 2 amide bonds. The van der Waals surface area contributed by atoms with Gasteiger partial charge < -0.3 is 19.5 Å². The molecule has 0 saturated heterocycles. The Labute approximate surface area is 146 Å². The maximum absolute atomic E-state index is 11.8. The summed E-state index contributed by atoms with van der Waals surface area (Å²) in [6, 6.07) is 5.59. The van der Waals surface area contributed by atoms with E-state index in [9.17, 15) is 14.4 Å². The molecule has 1 atom stereocenters. The highest BCUT2D eigenvalue weighted by atomic mass is 16.6. The molecule has 0 aliphatic rings. The van der Waals surface area contributed by atoms with E-state index in [4.69, 9.17) is 15.2 Å². The summed E-state index contributed by atoms with van der Waals surface area (Å²) in [7, 11) is 1.27. The Morgan fingerprint density at radius 2 is 1.76 bits per heavy atom. The summed E-state index contributed by atoms with van der Waals surface area (Å²) in [5.74, 6) is -0.953. The Kier molecular flexibility index (Phi) is 7.22. The van der Waals surface area contributed by atoms with Gasteiger partial charge in [-0.05, 0) is 38.5 Å². The number of alkyl carbamates (subject to hydrolysis) is 1. The monoisotopic (exact) mass is 351 g/mol. The molecule has 8 heteroatoms. The van der Waals surface area contributed by atoms with Crippen molar-refractivity contribution in [3.63, 3.8) is 0 Å². The predicted molar refractivity (Wildman–Crippen MR) is 88.9 cm³/mol. The van der Waals surface area contributed by atoms with Crippen LogP contribution in [0.4, 0.5) is 4.79 Å². The quantitative estimate of drug-likeness (QED) is 0.744. The Morgan fingerprint density at radius 3 is 2.24 bits per heavy atom. The highest BCUT2D eigenvalue weighted by molar-refractivity contribution is 5.84. The van der Waals surface area contributed by atoms with Gasteiger partial charge in [0.25, 0.3) is 5.91 Å². The molecular weight excluding hydrogens is 328 g/mol. The van der Waals surface area contributed by atoms with Crippen LogP contribution in [0, 0.1) is 0 Å². The van der Waals surface area contributed by atoms with Gasteiger partial charge in [0.05, 0.1) is 7.11 Å². The number of methoxy groups -OCH3 is 1. The van der Waals surface area contributed by atoms with Gasteiger partial charge in [0.2, 0.25) is 0 Å². The summed E-state index contributed by atoms with van der Waals surface area (Å²) in [5, 5.41) is 2.39. The normalized spacial score (nSPS) is 12.0. The van der Waals surface area contributed by atoms with Gasteiger partial charge in [-0.1, -0.05) is 12.1 Å². The second-order valence-corrected chi connectivity index (χ2v) is 6.28. The maximum Gasteiger partial charge on any atom is 0.408 e. The fraction of sp³-hybridized carbons (Fsp3) is 0.471. The number of carbonyl (C=O) groups is 3. The van der Waals surface area contributed by atoms with E-state index in [-0.39, 0.29) is 13.0 Å². The second-order valence-electron chi connectivity index (χ2n) is 6.28. The summed E-state index contributed by atoms with van der Waals surface area (Å²) in [6.07, 6.45) is -0.616. The van der Waals surface area contributed by atoms with Crippen molar-refractivity contribution in [1.29, 1.82) is 0 Å². The number of nitrogens with one attached hydrogen (secondary N) is 2. The fourth-order valence-corrected chi connectivity index (χ4v) is 1.82. The third-order valence-corrected chi connectivity index (χ3v) is 2.95. The molecule has 1 aromatic rings. The SMILES string of the molecule is COC(=O)COc1ccc(CC(NC(=O)OC(C)(C)C)C([NH])=O)cc1. The molecule has 0 aliphatic carbocycles. The first kappa shape index (κ1) is 20.3. The van der Waals surface area contributed by atoms with Gasteiger partial charge in [-0.2, -0.15) is 0 Å². The average Bonchev–Trinajstić information content (AvgIpc) is 2.51. The zero-order valence-electron chi connectivity index (χ0n) is 14.8. The largest absolute Gasteiger partial charge is 0.482 e. The molecule has 0 bridgehead atoms. The summed E-state index contributed by atoms with van der Waals surface area (Å²) in [4.78, 5) is 34.2. The van der Waals surface area contributed by atoms with Crippen molar-refractivity contribution < 1.29 is 28.6 Å². The zero-order valence-corrected chi connectivity index (χ0v) is 14.8. The first-order chi connectivity index (χ1) is 11.6. The first-order valence-electron chi connectivity index (χ1n) is 7.64. The zero-order chi connectivity index (χ0) is 19.0. The number of ether oxygens (including phenoxy) is 3. The van der Waals surface area contributed by atoms with Crippen molar-refractivity contribution in [2.75, 3.05) is 13.7 Å². The molecule has 0 heterocycles. The number of benzene rings is 1. The first-order valence-corrected chi connectivity index (χ1v) is 7.64. The molecule has 1 unspecified atom stereocenters. The average molecular weight is 351 g/mol. The molecule has 2 N–H and O–H groups in total. The minimum absolute atomic E-state index is 0.138. The van der Waals surface area contributed by atoms with E-state index in [2.05, 4.69) is 10.1 Å². The lowest BCUT2D eigenvalue weighted by molar-refractivity contribution is -0.142. The van der Waals surface area contributed by atoms with Gasteiger partial charge >= 0.3 is 12.1 Å². The van der Waals surface area contributed by atoms with E-state index in [1.165, 1.54) is 7.11 Å². The number of hydrogen-bond donors (Lipinski definition) is 1. The van der Waals surface area contributed by atoms with Gasteiger partial charge in [0.1, 0.15) is 17.4 Å². The lowest BCUT2D eigenvalue weighted by Crippen LogP contribution is -2.45. The number of rotatable bonds is 7. The van der Waals surface area contributed by atoms with E-state index in [0.29, 0.717) is 11.3 Å². The molecule has 0 saturated carbocycles. The minimum Gasteiger partial charge on any atom is -0.482 e. The van der Waals surface area contributed by atoms with E-state index >= 15 is 0 Å². The summed E-state index contributed by atoms with van der Waals surface area (Å²) >= 11 is 0. The van der Waals surface area contributed by atoms with Gasteiger partial charge in [-0.3, -0.25) is 10.5 Å². The van der Waals surface area contributed by atoms with Crippen LogP contribution in [0.25, 0.3) is 0 Å². The van der Waals surface area contributed by atoms with Crippen molar-refractivity contribution in [3.05, 3.63) is 29.8 Å². The van der Waals surface area contributed by atoms with Gasteiger partial charge in [-0.25, -0.2) is 9.59 Å². The number of amides is 2. The van der Waals surface area contributed by atoms with Crippen LogP contribution >= 0.6 is 0 Å². The molecule has 0 aromatic heterocycles. The standard InChI is InChI=1S/C17H23N2O6/c1-17(2,3)25-16(22)19-13(15(18)21)9-11-5-7-12(8-6-11)24-10-14(20)23-4/h5-8,13,18H,9-10H2,1-4H3,(H,19,22). The third kappa shape index (κ3) is 8.05. The summed E-state index contributed by atoms with van der Waals surface area (Å²) < 4.78 is 14.8. The smallest absolute Gasteiger partial charge is 0.408 e. The van der Waals surface area contributed by atoms with Crippen LogP contribution in [-0.2, 0) is 25.5 Å². The Hall–Kier alpha value is -2.77. The summed E-state index contributed by atoms with van der Waals surface area (Å²) in [5.41, 5.74) is 7.32. The van der Waals surface area contributed by atoms with Crippen LogP contribution in [-0.4, -0.2) is 43.3 Å². The van der Waals surface area contributed by atoms with E-state index < -0.39 is 29.6 Å². The van der Waals surface area contributed by atoms with E-state index in [1.807, 2.05) is 0 Å². The fourth-order valence-electron chi connectivity index (χ4n) is 1.82. The maximum atomic E-state index is 11.8. The van der Waals surface area contributed by atoms with Crippen molar-refractivity contribution >= 4 is 18.0 Å². The van der Waals surface area contributed by atoms with Crippen molar-refractivity contribution in [1.82, 2.24) is 11.1 Å². The van der Waals surface area contributed by atoms with Crippen molar-refractivity contribution in [2.45, 2.75) is 38.8 Å². The van der Waals surface area contributed by atoms with Gasteiger partial charge in [0.15, 0.2) is 6.61 Å². The lowest BCUT2D eigenvalue weighted by atomic mass is 10.1. The molecule has 0 spiro atoms. The Balaban J connectivity index is 2.65. The third-order valence-electron chi connectivity index (χ3n) is 2.95.